The highest BCUT2D eigenvalue weighted by atomic mass is 35.5. The minimum Gasteiger partial charge on any atom is -0.466 e. The number of nitrogens with two attached hydrogens (primary N) is 1. The summed E-state index contributed by atoms with van der Waals surface area (Å²) in [7, 11) is 0. The number of piperidine rings is 1. The van der Waals surface area contributed by atoms with E-state index >= 15 is 0 Å². The van der Waals surface area contributed by atoms with E-state index in [0.29, 0.717) is 30.9 Å². The zero-order chi connectivity index (χ0) is 14.5. The third-order valence-electron chi connectivity index (χ3n) is 3.52. The Bertz CT molecular complexity index is 507. The zero-order valence-electron chi connectivity index (χ0n) is 12.1. The molecule has 0 spiro atoms. The first kappa shape index (κ1) is 17.3. The topological polar surface area (TPSA) is 72.6 Å². The molecule has 1 aliphatic rings. The quantitative estimate of drug-likeness (QED) is 0.685. The van der Waals surface area contributed by atoms with Gasteiger partial charge in [0.05, 0.1) is 18.1 Å². The van der Waals surface area contributed by atoms with Gasteiger partial charge in [-0.2, -0.15) is 0 Å². The van der Waals surface area contributed by atoms with Crippen LogP contribution in [0.15, 0.2) is 24.3 Å². The number of para-hydroxylation sites is 1. The van der Waals surface area contributed by atoms with Crippen LogP contribution in [0, 0.1) is 5.92 Å². The highest BCUT2D eigenvalue weighted by Gasteiger charge is 2.30. The van der Waals surface area contributed by atoms with E-state index in [2.05, 4.69) is 0 Å². The fraction of sp³-hybridized carbons (Fsp3) is 0.467. The van der Waals surface area contributed by atoms with Gasteiger partial charge in [0.15, 0.2) is 0 Å². The standard InChI is InChI=1S/C15H20N2O3.ClH/c1-2-20-15(19)11-6-5-9-17(10-11)14(18)12-7-3-4-8-13(12)16;/h3-4,7-8,11H,2,5-6,9-10,16H2,1H3;1H. The van der Waals surface area contributed by atoms with Crippen LogP contribution in [0.2, 0.25) is 0 Å². The van der Waals surface area contributed by atoms with Crippen LogP contribution in [0.4, 0.5) is 5.69 Å². The first-order valence-corrected chi connectivity index (χ1v) is 6.94. The Morgan fingerprint density at radius 2 is 2.10 bits per heavy atom. The maximum atomic E-state index is 12.4. The summed E-state index contributed by atoms with van der Waals surface area (Å²) in [4.78, 5) is 25.9. The lowest BCUT2D eigenvalue weighted by Gasteiger charge is -2.31. The lowest BCUT2D eigenvalue weighted by molar-refractivity contribution is -0.149. The van der Waals surface area contributed by atoms with Crippen molar-refractivity contribution in [1.29, 1.82) is 0 Å². The predicted octanol–water partition coefficient (Wildman–Crippen LogP) is 2.11. The van der Waals surface area contributed by atoms with Crippen LogP contribution >= 0.6 is 12.4 Å². The van der Waals surface area contributed by atoms with Crippen molar-refractivity contribution >= 4 is 30.0 Å². The number of hydrogen-bond acceptors (Lipinski definition) is 4. The average molecular weight is 313 g/mol. The van der Waals surface area contributed by atoms with Gasteiger partial charge in [0, 0.05) is 18.8 Å². The summed E-state index contributed by atoms with van der Waals surface area (Å²) in [5.41, 5.74) is 6.80. The highest BCUT2D eigenvalue weighted by Crippen LogP contribution is 2.21. The summed E-state index contributed by atoms with van der Waals surface area (Å²) in [6.45, 7) is 3.22. The molecule has 1 aliphatic heterocycles. The summed E-state index contributed by atoms with van der Waals surface area (Å²) < 4.78 is 5.04. The number of esters is 1. The minimum atomic E-state index is -0.224. The second-order valence-corrected chi connectivity index (χ2v) is 4.93. The number of nitrogen functional groups attached to an aromatic ring is 1. The molecular formula is C15H21ClN2O3. The fourth-order valence-electron chi connectivity index (χ4n) is 2.48. The molecule has 6 heteroatoms. The number of amides is 1. The van der Waals surface area contributed by atoms with Gasteiger partial charge in [-0.15, -0.1) is 12.4 Å². The third-order valence-corrected chi connectivity index (χ3v) is 3.52. The lowest BCUT2D eigenvalue weighted by atomic mass is 9.97. The maximum absolute atomic E-state index is 12.4. The van der Waals surface area contributed by atoms with Crippen molar-refractivity contribution in [2.75, 3.05) is 25.4 Å². The van der Waals surface area contributed by atoms with E-state index in [1.54, 1.807) is 36.1 Å². The number of benzene rings is 1. The highest BCUT2D eigenvalue weighted by molar-refractivity contribution is 5.99. The van der Waals surface area contributed by atoms with Crippen LogP contribution in [-0.4, -0.2) is 36.5 Å². The van der Waals surface area contributed by atoms with E-state index in [1.165, 1.54) is 0 Å². The van der Waals surface area contributed by atoms with Crippen LogP contribution in [-0.2, 0) is 9.53 Å². The van der Waals surface area contributed by atoms with Gasteiger partial charge in [-0.1, -0.05) is 12.1 Å². The summed E-state index contributed by atoms with van der Waals surface area (Å²) in [5.74, 6) is -0.555. The molecule has 1 amide bonds. The number of carbonyl (C=O) groups excluding carboxylic acids is 2. The van der Waals surface area contributed by atoms with Crippen molar-refractivity contribution in [1.82, 2.24) is 4.90 Å². The molecule has 116 valence electrons. The molecule has 1 aromatic carbocycles. The SMILES string of the molecule is CCOC(=O)C1CCCN(C(=O)c2ccccc2N)C1.Cl. The molecule has 5 nitrogen and oxygen atoms in total. The molecule has 0 aromatic heterocycles. The fourth-order valence-corrected chi connectivity index (χ4v) is 2.48. The van der Waals surface area contributed by atoms with E-state index in [0.717, 1.165) is 12.8 Å². The Balaban J connectivity index is 0.00000220. The molecule has 2 N–H and O–H groups in total. The van der Waals surface area contributed by atoms with Gasteiger partial charge < -0.3 is 15.4 Å². The monoisotopic (exact) mass is 312 g/mol. The Labute approximate surface area is 130 Å². The van der Waals surface area contributed by atoms with E-state index < -0.39 is 0 Å². The van der Waals surface area contributed by atoms with Crippen LogP contribution in [0.25, 0.3) is 0 Å². The maximum Gasteiger partial charge on any atom is 0.310 e. The summed E-state index contributed by atoms with van der Waals surface area (Å²) >= 11 is 0. The number of anilines is 1. The summed E-state index contributed by atoms with van der Waals surface area (Å²) in [6.07, 6.45) is 1.58. The molecule has 0 aliphatic carbocycles. The van der Waals surface area contributed by atoms with Crippen molar-refractivity contribution in [3.63, 3.8) is 0 Å². The average Bonchev–Trinajstić information content (AvgIpc) is 2.47. The van der Waals surface area contributed by atoms with E-state index in [1.807, 2.05) is 0 Å². The molecule has 1 heterocycles. The Hall–Kier alpha value is -1.75. The van der Waals surface area contributed by atoms with Crippen molar-refractivity contribution in [3.05, 3.63) is 29.8 Å². The van der Waals surface area contributed by atoms with Gasteiger partial charge in [0.2, 0.25) is 0 Å². The molecule has 1 aromatic rings. The molecule has 0 radical (unpaired) electrons. The normalized spacial score (nSPS) is 17.8. The Morgan fingerprint density at radius 3 is 2.76 bits per heavy atom. The number of likely N-dealkylation sites (tertiary alicyclic amines) is 1. The van der Waals surface area contributed by atoms with Crippen LogP contribution < -0.4 is 5.73 Å². The number of rotatable bonds is 3. The van der Waals surface area contributed by atoms with Gasteiger partial charge in [0.1, 0.15) is 0 Å². The van der Waals surface area contributed by atoms with Crippen molar-refractivity contribution in [2.45, 2.75) is 19.8 Å². The molecule has 2 rings (SSSR count). The lowest BCUT2D eigenvalue weighted by Crippen LogP contribution is -2.43. The number of carbonyl (C=O) groups is 2. The van der Waals surface area contributed by atoms with Gasteiger partial charge in [0.25, 0.3) is 5.91 Å². The Kier molecular flexibility index (Phi) is 6.49. The van der Waals surface area contributed by atoms with Crippen molar-refractivity contribution in [2.24, 2.45) is 5.92 Å². The van der Waals surface area contributed by atoms with E-state index in [-0.39, 0.29) is 30.2 Å². The number of halogens is 1. The smallest absolute Gasteiger partial charge is 0.310 e. The molecule has 1 fully saturated rings. The molecule has 0 bridgehead atoms. The number of ether oxygens (including phenoxy) is 1. The molecule has 1 unspecified atom stereocenters. The number of nitrogens with zero attached hydrogens (tertiary/aromatic N) is 1. The second-order valence-electron chi connectivity index (χ2n) is 4.93. The zero-order valence-corrected chi connectivity index (χ0v) is 12.9. The van der Waals surface area contributed by atoms with Crippen molar-refractivity contribution in [3.8, 4) is 0 Å². The number of hydrogen-bond donors (Lipinski definition) is 1. The molecule has 1 atom stereocenters. The summed E-state index contributed by atoms with van der Waals surface area (Å²) in [6, 6.07) is 7.01. The van der Waals surface area contributed by atoms with Crippen LogP contribution in [0.1, 0.15) is 30.1 Å². The molecule has 0 saturated carbocycles. The summed E-state index contributed by atoms with van der Waals surface area (Å²) in [5, 5.41) is 0. The molecular weight excluding hydrogens is 292 g/mol. The van der Waals surface area contributed by atoms with Crippen LogP contribution in [0.3, 0.4) is 0 Å². The Morgan fingerprint density at radius 1 is 1.38 bits per heavy atom. The first-order chi connectivity index (χ1) is 9.63. The van der Waals surface area contributed by atoms with E-state index in [9.17, 15) is 9.59 Å². The van der Waals surface area contributed by atoms with Crippen LogP contribution in [0.5, 0.6) is 0 Å². The van der Waals surface area contributed by atoms with Crippen molar-refractivity contribution < 1.29 is 14.3 Å². The van der Waals surface area contributed by atoms with Gasteiger partial charge >= 0.3 is 5.97 Å². The minimum absolute atomic E-state index is 0. The predicted molar refractivity (Wildman–Crippen MR) is 83.4 cm³/mol. The second kappa shape index (κ2) is 7.88. The molecule has 21 heavy (non-hydrogen) atoms. The largest absolute Gasteiger partial charge is 0.466 e. The first-order valence-electron chi connectivity index (χ1n) is 6.94. The third kappa shape index (κ3) is 4.11. The molecule has 1 saturated heterocycles. The van der Waals surface area contributed by atoms with Gasteiger partial charge in [-0.3, -0.25) is 9.59 Å². The van der Waals surface area contributed by atoms with Gasteiger partial charge in [-0.05, 0) is 31.9 Å². The van der Waals surface area contributed by atoms with E-state index in [4.69, 9.17) is 10.5 Å². The van der Waals surface area contributed by atoms with Gasteiger partial charge in [-0.25, -0.2) is 0 Å².